The van der Waals surface area contributed by atoms with Gasteiger partial charge in [-0.1, -0.05) is 62.4 Å². The molecule has 8 heteroatoms. The number of hydrogen-bond acceptors (Lipinski definition) is 5. The fourth-order valence-electron chi connectivity index (χ4n) is 4.54. The number of carboxylic acids is 1. The standard InChI is InChI=1S/C27H34N2O6/c1-18(2)13-19(14-25(30)28-11-12-34-17-26(31)32)15-29-27(33)35-16-24-22-9-5-3-7-20(22)21-8-4-6-10-23(21)24/h3-10,18-19,24H,11-17H2,1-2H3,(H,28,30)(H,29,33)(H,31,32)/t19-/m0/s1. The Morgan fingerprint density at radius 1 is 0.971 bits per heavy atom. The van der Waals surface area contributed by atoms with Crippen LogP contribution in [0.5, 0.6) is 0 Å². The van der Waals surface area contributed by atoms with Gasteiger partial charge in [0.1, 0.15) is 13.2 Å². The average molecular weight is 483 g/mol. The fraction of sp³-hybridized carbons (Fsp3) is 0.444. The first-order chi connectivity index (χ1) is 16.8. The van der Waals surface area contributed by atoms with Crippen LogP contribution in [0, 0.1) is 11.8 Å². The van der Waals surface area contributed by atoms with Gasteiger partial charge in [0.05, 0.1) is 6.61 Å². The highest BCUT2D eigenvalue weighted by Crippen LogP contribution is 2.44. The number of rotatable bonds is 13. The molecule has 188 valence electrons. The summed E-state index contributed by atoms with van der Waals surface area (Å²) in [5.74, 6) is -0.906. The lowest BCUT2D eigenvalue weighted by atomic mass is 9.94. The third-order valence-electron chi connectivity index (χ3n) is 5.95. The molecule has 0 aromatic heterocycles. The zero-order chi connectivity index (χ0) is 25.2. The van der Waals surface area contributed by atoms with Gasteiger partial charge in [-0.3, -0.25) is 4.79 Å². The average Bonchev–Trinajstić information content (AvgIpc) is 3.14. The molecule has 8 nitrogen and oxygen atoms in total. The molecule has 3 N–H and O–H groups in total. The van der Waals surface area contributed by atoms with Crippen LogP contribution in [0.1, 0.15) is 43.7 Å². The smallest absolute Gasteiger partial charge is 0.407 e. The van der Waals surface area contributed by atoms with Crippen LogP contribution in [-0.4, -0.2) is 56.0 Å². The molecule has 2 aromatic carbocycles. The molecule has 2 amide bonds. The summed E-state index contributed by atoms with van der Waals surface area (Å²) in [4.78, 5) is 35.2. The number of amides is 2. The van der Waals surface area contributed by atoms with Crippen molar-refractivity contribution >= 4 is 18.0 Å². The van der Waals surface area contributed by atoms with E-state index in [2.05, 4.69) is 48.7 Å². The van der Waals surface area contributed by atoms with Crippen LogP contribution in [0.25, 0.3) is 11.1 Å². The molecule has 0 saturated heterocycles. The normalized spacial score (nSPS) is 13.1. The zero-order valence-corrected chi connectivity index (χ0v) is 20.3. The van der Waals surface area contributed by atoms with Crippen molar-refractivity contribution in [1.29, 1.82) is 0 Å². The van der Waals surface area contributed by atoms with Gasteiger partial charge in [-0.05, 0) is 40.5 Å². The maximum absolute atomic E-state index is 12.5. The molecule has 3 rings (SSSR count). The van der Waals surface area contributed by atoms with E-state index in [-0.39, 0.29) is 43.9 Å². The van der Waals surface area contributed by atoms with Crippen molar-refractivity contribution in [3.05, 3.63) is 59.7 Å². The predicted molar refractivity (Wildman–Crippen MR) is 132 cm³/mol. The van der Waals surface area contributed by atoms with Crippen LogP contribution in [0.4, 0.5) is 4.79 Å². The lowest BCUT2D eigenvalue weighted by molar-refractivity contribution is -0.142. The van der Waals surface area contributed by atoms with Crippen LogP contribution < -0.4 is 10.6 Å². The Hall–Kier alpha value is -3.39. The molecule has 0 fully saturated rings. The van der Waals surface area contributed by atoms with Gasteiger partial charge in [0.2, 0.25) is 5.91 Å². The molecule has 1 atom stereocenters. The van der Waals surface area contributed by atoms with Crippen molar-refractivity contribution in [3.8, 4) is 11.1 Å². The minimum Gasteiger partial charge on any atom is -0.480 e. The second-order valence-corrected chi connectivity index (χ2v) is 9.20. The van der Waals surface area contributed by atoms with Gasteiger partial charge in [0.15, 0.2) is 0 Å². The van der Waals surface area contributed by atoms with E-state index in [4.69, 9.17) is 14.6 Å². The summed E-state index contributed by atoms with van der Waals surface area (Å²) in [6.45, 7) is 4.68. The minimum atomic E-state index is -1.05. The Labute approximate surface area is 206 Å². The SMILES string of the molecule is CC(C)C[C@H](CNC(=O)OCC1c2ccccc2-c2ccccc21)CC(=O)NCCOCC(=O)O. The van der Waals surface area contributed by atoms with Crippen molar-refractivity contribution in [2.24, 2.45) is 11.8 Å². The van der Waals surface area contributed by atoms with Gasteiger partial charge in [-0.15, -0.1) is 0 Å². The zero-order valence-electron chi connectivity index (χ0n) is 20.3. The Kier molecular flexibility index (Phi) is 9.66. The van der Waals surface area contributed by atoms with E-state index >= 15 is 0 Å². The Balaban J connectivity index is 1.47. The highest BCUT2D eigenvalue weighted by molar-refractivity contribution is 5.79. The summed E-state index contributed by atoms with van der Waals surface area (Å²) in [5.41, 5.74) is 4.66. The van der Waals surface area contributed by atoms with Crippen molar-refractivity contribution in [2.75, 3.05) is 32.9 Å². The number of carbonyl (C=O) groups is 3. The van der Waals surface area contributed by atoms with E-state index in [9.17, 15) is 14.4 Å². The molecule has 0 spiro atoms. The van der Waals surface area contributed by atoms with Gasteiger partial charge in [0, 0.05) is 25.4 Å². The van der Waals surface area contributed by atoms with E-state index < -0.39 is 18.7 Å². The van der Waals surface area contributed by atoms with E-state index in [0.717, 1.165) is 17.5 Å². The van der Waals surface area contributed by atoms with Crippen LogP contribution in [-0.2, 0) is 19.1 Å². The van der Waals surface area contributed by atoms with E-state index in [1.165, 1.54) is 11.1 Å². The number of ether oxygens (including phenoxy) is 2. The maximum atomic E-state index is 12.5. The molecule has 0 heterocycles. The van der Waals surface area contributed by atoms with Crippen LogP contribution >= 0.6 is 0 Å². The number of aliphatic carboxylic acids is 1. The monoisotopic (exact) mass is 482 g/mol. The van der Waals surface area contributed by atoms with E-state index in [0.29, 0.717) is 12.5 Å². The van der Waals surface area contributed by atoms with Gasteiger partial charge in [-0.2, -0.15) is 0 Å². The molecule has 0 aliphatic heterocycles. The van der Waals surface area contributed by atoms with Crippen LogP contribution in [0.3, 0.4) is 0 Å². The quantitative estimate of drug-likeness (QED) is 0.374. The molecule has 0 saturated carbocycles. The molecular formula is C27H34N2O6. The second-order valence-electron chi connectivity index (χ2n) is 9.20. The summed E-state index contributed by atoms with van der Waals surface area (Å²) in [7, 11) is 0. The highest BCUT2D eigenvalue weighted by atomic mass is 16.5. The minimum absolute atomic E-state index is 0.00580. The van der Waals surface area contributed by atoms with Gasteiger partial charge < -0.3 is 25.2 Å². The summed E-state index contributed by atoms with van der Waals surface area (Å²) in [5, 5.41) is 14.1. The van der Waals surface area contributed by atoms with E-state index in [1.54, 1.807) is 0 Å². The first-order valence-corrected chi connectivity index (χ1v) is 12.0. The Morgan fingerprint density at radius 3 is 2.20 bits per heavy atom. The molecule has 0 radical (unpaired) electrons. The molecule has 1 aliphatic carbocycles. The van der Waals surface area contributed by atoms with Crippen LogP contribution in [0.15, 0.2) is 48.5 Å². The van der Waals surface area contributed by atoms with E-state index in [1.807, 2.05) is 24.3 Å². The molecule has 0 bridgehead atoms. The summed E-state index contributed by atoms with van der Waals surface area (Å²) in [6, 6.07) is 16.4. The number of carbonyl (C=O) groups excluding carboxylic acids is 2. The lowest BCUT2D eigenvalue weighted by Gasteiger charge is -2.20. The summed E-state index contributed by atoms with van der Waals surface area (Å²) >= 11 is 0. The van der Waals surface area contributed by atoms with Gasteiger partial charge in [-0.25, -0.2) is 9.59 Å². The molecule has 0 unspecified atom stereocenters. The summed E-state index contributed by atoms with van der Waals surface area (Å²) < 4.78 is 10.5. The van der Waals surface area contributed by atoms with Crippen molar-refractivity contribution in [3.63, 3.8) is 0 Å². The first kappa shape index (κ1) is 26.2. The van der Waals surface area contributed by atoms with Crippen molar-refractivity contribution in [2.45, 2.75) is 32.6 Å². The lowest BCUT2D eigenvalue weighted by Crippen LogP contribution is -2.35. The number of carboxylic acid groups (broad SMARTS) is 1. The molecular weight excluding hydrogens is 448 g/mol. The molecule has 35 heavy (non-hydrogen) atoms. The van der Waals surface area contributed by atoms with Gasteiger partial charge >= 0.3 is 12.1 Å². The van der Waals surface area contributed by atoms with Crippen LogP contribution in [0.2, 0.25) is 0 Å². The number of fused-ring (bicyclic) bond motifs is 3. The third kappa shape index (κ3) is 7.82. The number of nitrogens with one attached hydrogen (secondary N) is 2. The second kappa shape index (κ2) is 12.9. The van der Waals surface area contributed by atoms with Crippen molar-refractivity contribution in [1.82, 2.24) is 10.6 Å². The van der Waals surface area contributed by atoms with Gasteiger partial charge in [0.25, 0.3) is 0 Å². The number of benzene rings is 2. The molecule has 2 aromatic rings. The Morgan fingerprint density at radius 2 is 1.60 bits per heavy atom. The predicted octanol–water partition coefficient (Wildman–Crippen LogP) is 3.79. The Bertz CT molecular complexity index is 977. The fourth-order valence-corrected chi connectivity index (χ4v) is 4.54. The maximum Gasteiger partial charge on any atom is 0.407 e. The molecule has 1 aliphatic rings. The summed E-state index contributed by atoms with van der Waals surface area (Å²) in [6.07, 6.45) is 0.524. The van der Waals surface area contributed by atoms with Crippen molar-refractivity contribution < 1.29 is 29.0 Å². The first-order valence-electron chi connectivity index (χ1n) is 12.0. The largest absolute Gasteiger partial charge is 0.480 e. The number of hydrogen-bond donors (Lipinski definition) is 3. The highest BCUT2D eigenvalue weighted by Gasteiger charge is 2.29. The third-order valence-corrected chi connectivity index (χ3v) is 5.95. The number of alkyl carbamates (subject to hydrolysis) is 1. The topological polar surface area (TPSA) is 114 Å².